The Hall–Kier alpha value is -2.17. The largest absolute Gasteiger partial charge is 0.306 e. The second-order valence-electron chi connectivity index (χ2n) is 3.63. The lowest BCUT2D eigenvalue weighted by molar-refractivity contribution is 0.0978. The van der Waals surface area contributed by atoms with Crippen molar-refractivity contribution in [2.45, 2.75) is 13.8 Å². The Labute approximate surface area is 99.5 Å². The van der Waals surface area contributed by atoms with Crippen molar-refractivity contribution in [1.29, 1.82) is 0 Å². The van der Waals surface area contributed by atoms with Gasteiger partial charge in [0.2, 0.25) is 5.82 Å². The number of anilines is 1. The van der Waals surface area contributed by atoms with Gasteiger partial charge in [-0.2, -0.15) is 0 Å². The lowest BCUT2D eigenvalue weighted by Crippen LogP contribution is -2.31. The Morgan fingerprint density at radius 3 is 2.59 bits per heavy atom. The number of hydrogen-bond acceptors (Lipinski definition) is 3. The molecule has 0 aliphatic rings. The van der Waals surface area contributed by atoms with Crippen LogP contribution in [0.3, 0.4) is 0 Å². The lowest BCUT2D eigenvalue weighted by atomic mass is 10.3. The SMILES string of the molecule is CCN(C(=O)c1n[nH]c(C)n1)c1ccccc1. The molecule has 0 bridgehead atoms. The molecule has 88 valence electrons. The zero-order chi connectivity index (χ0) is 12.3. The van der Waals surface area contributed by atoms with Gasteiger partial charge >= 0.3 is 0 Å². The second-order valence-corrected chi connectivity index (χ2v) is 3.63. The van der Waals surface area contributed by atoms with Crippen molar-refractivity contribution in [3.05, 3.63) is 42.0 Å². The first kappa shape index (κ1) is 11.3. The molecule has 2 aromatic rings. The number of aromatic nitrogens is 3. The van der Waals surface area contributed by atoms with Gasteiger partial charge < -0.3 is 4.90 Å². The molecule has 1 aromatic heterocycles. The highest BCUT2D eigenvalue weighted by molar-refractivity contribution is 6.03. The van der Waals surface area contributed by atoms with Crippen LogP contribution in [-0.4, -0.2) is 27.6 Å². The highest BCUT2D eigenvalue weighted by Crippen LogP contribution is 2.14. The maximum atomic E-state index is 12.2. The number of nitrogens with zero attached hydrogens (tertiary/aromatic N) is 3. The van der Waals surface area contributed by atoms with Crippen LogP contribution in [0.5, 0.6) is 0 Å². The fourth-order valence-corrected chi connectivity index (χ4v) is 1.61. The van der Waals surface area contributed by atoms with Crippen molar-refractivity contribution >= 4 is 11.6 Å². The molecule has 5 heteroatoms. The Kier molecular flexibility index (Phi) is 3.18. The maximum absolute atomic E-state index is 12.2. The number of carbonyl (C=O) groups is 1. The average Bonchev–Trinajstić information content (AvgIpc) is 2.78. The first-order valence-electron chi connectivity index (χ1n) is 5.48. The average molecular weight is 230 g/mol. The van der Waals surface area contributed by atoms with Gasteiger partial charge in [0.1, 0.15) is 5.82 Å². The number of carbonyl (C=O) groups excluding carboxylic acids is 1. The van der Waals surface area contributed by atoms with Gasteiger partial charge in [0.15, 0.2) is 0 Å². The number of nitrogens with one attached hydrogen (secondary N) is 1. The predicted octanol–water partition coefficient (Wildman–Crippen LogP) is 1.78. The predicted molar refractivity (Wildman–Crippen MR) is 64.9 cm³/mol. The quantitative estimate of drug-likeness (QED) is 0.874. The van der Waals surface area contributed by atoms with E-state index in [2.05, 4.69) is 15.2 Å². The van der Waals surface area contributed by atoms with E-state index in [9.17, 15) is 4.79 Å². The molecule has 1 heterocycles. The van der Waals surface area contributed by atoms with Crippen LogP contribution in [0, 0.1) is 6.92 Å². The molecule has 1 N–H and O–H groups in total. The van der Waals surface area contributed by atoms with Crippen LogP contribution >= 0.6 is 0 Å². The summed E-state index contributed by atoms with van der Waals surface area (Å²) in [5.41, 5.74) is 0.849. The van der Waals surface area contributed by atoms with Crippen LogP contribution in [0.25, 0.3) is 0 Å². The van der Waals surface area contributed by atoms with Gasteiger partial charge in [-0.05, 0) is 26.0 Å². The molecule has 0 aliphatic heterocycles. The molecule has 0 atom stereocenters. The monoisotopic (exact) mass is 230 g/mol. The molecule has 0 radical (unpaired) electrons. The van der Waals surface area contributed by atoms with E-state index in [1.165, 1.54) is 0 Å². The second kappa shape index (κ2) is 4.78. The normalized spacial score (nSPS) is 10.2. The summed E-state index contributed by atoms with van der Waals surface area (Å²) < 4.78 is 0. The van der Waals surface area contributed by atoms with E-state index in [1.54, 1.807) is 11.8 Å². The maximum Gasteiger partial charge on any atom is 0.297 e. The van der Waals surface area contributed by atoms with E-state index in [0.717, 1.165) is 5.69 Å². The number of hydrogen-bond donors (Lipinski definition) is 1. The zero-order valence-electron chi connectivity index (χ0n) is 9.84. The van der Waals surface area contributed by atoms with Crippen LogP contribution in [0.15, 0.2) is 30.3 Å². The van der Waals surface area contributed by atoms with Crippen molar-refractivity contribution in [3.8, 4) is 0 Å². The van der Waals surface area contributed by atoms with Gasteiger partial charge in [0.25, 0.3) is 5.91 Å². The van der Waals surface area contributed by atoms with Crippen LogP contribution < -0.4 is 4.90 Å². The fraction of sp³-hybridized carbons (Fsp3) is 0.250. The number of H-pyrrole nitrogens is 1. The molecule has 0 saturated heterocycles. The summed E-state index contributed by atoms with van der Waals surface area (Å²) in [5.74, 6) is 0.647. The fourth-order valence-electron chi connectivity index (χ4n) is 1.61. The molecule has 0 fully saturated rings. The summed E-state index contributed by atoms with van der Waals surface area (Å²) in [6.45, 7) is 4.27. The van der Waals surface area contributed by atoms with E-state index in [-0.39, 0.29) is 11.7 Å². The van der Waals surface area contributed by atoms with Crippen LogP contribution in [0.2, 0.25) is 0 Å². The molecule has 5 nitrogen and oxygen atoms in total. The van der Waals surface area contributed by atoms with E-state index in [0.29, 0.717) is 12.4 Å². The van der Waals surface area contributed by atoms with E-state index >= 15 is 0 Å². The van der Waals surface area contributed by atoms with E-state index in [1.807, 2.05) is 37.3 Å². The Bertz CT molecular complexity index is 506. The highest BCUT2D eigenvalue weighted by atomic mass is 16.2. The Morgan fingerprint density at radius 1 is 1.35 bits per heavy atom. The number of aromatic amines is 1. The molecular weight excluding hydrogens is 216 g/mol. The van der Waals surface area contributed by atoms with Crippen molar-refractivity contribution in [1.82, 2.24) is 15.2 Å². The van der Waals surface area contributed by atoms with Gasteiger partial charge in [0.05, 0.1) is 0 Å². The first-order chi connectivity index (χ1) is 8.22. The summed E-state index contributed by atoms with van der Waals surface area (Å²) in [4.78, 5) is 17.9. The van der Waals surface area contributed by atoms with Gasteiger partial charge in [-0.15, -0.1) is 5.10 Å². The summed E-state index contributed by atoms with van der Waals surface area (Å²) in [5, 5.41) is 6.55. The molecule has 2 rings (SSSR count). The number of aryl methyl sites for hydroxylation is 1. The molecule has 1 amide bonds. The van der Waals surface area contributed by atoms with E-state index in [4.69, 9.17) is 0 Å². The van der Waals surface area contributed by atoms with Crippen molar-refractivity contribution in [3.63, 3.8) is 0 Å². The van der Waals surface area contributed by atoms with Crippen molar-refractivity contribution < 1.29 is 4.79 Å². The number of rotatable bonds is 3. The van der Waals surface area contributed by atoms with Crippen LogP contribution in [-0.2, 0) is 0 Å². The van der Waals surface area contributed by atoms with Gasteiger partial charge in [-0.1, -0.05) is 18.2 Å². The minimum atomic E-state index is -0.192. The molecule has 1 aromatic carbocycles. The third kappa shape index (κ3) is 2.33. The van der Waals surface area contributed by atoms with Crippen LogP contribution in [0.4, 0.5) is 5.69 Å². The molecule has 0 aliphatic carbocycles. The minimum Gasteiger partial charge on any atom is -0.306 e. The highest BCUT2D eigenvalue weighted by Gasteiger charge is 2.19. The smallest absolute Gasteiger partial charge is 0.297 e. The van der Waals surface area contributed by atoms with Gasteiger partial charge in [-0.25, -0.2) is 4.98 Å². The lowest BCUT2D eigenvalue weighted by Gasteiger charge is -2.19. The standard InChI is InChI=1S/C12H14N4O/c1-3-16(10-7-5-4-6-8-10)12(17)11-13-9(2)14-15-11/h4-8H,3H2,1-2H3,(H,13,14,15). The van der Waals surface area contributed by atoms with Gasteiger partial charge in [0, 0.05) is 12.2 Å². The first-order valence-corrected chi connectivity index (χ1v) is 5.48. The van der Waals surface area contributed by atoms with Crippen molar-refractivity contribution in [2.75, 3.05) is 11.4 Å². The number of para-hydroxylation sites is 1. The van der Waals surface area contributed by atoms with E-state index < -0.39 is 0 Å². The molecule has 0 saturated carbocycles. The topological polar surface area (TPSA) is 61.9 Å². The van der Waals surface area contributed by atoms with Gasteiger partial charge in [-0.3, -0.25) is 9.89 Å². The van der Waals surface area contributed by atoms with Crippen molar-refractivity contribution in [2.24, 2.45) is 0 Å². The third-order valence-electron chi connectivity index (χ3n) is 2.42. The molecule has 17 heavy (non-hydrogen) atoms. The molecular formula is C12H14N4O. The number of amides is 1. The molecule has 0 unspecified atom stereocenters. The zero-order valence-corrected chi connectivity index (χ0v) is 9.84. The Morgan fingerprint density at radius 2 is 2.06 bits per heavy atom. The summed E-state index contributed by atoms with van der Waals surface area (Å²) in [6.07, 6.45) is 0. The summed E-state index contributed by atoms with van der Waals surface area (Å²) in [6, 6.07) is 9.49. The van der Waals surface area contributed by atoms with Crippen LogP contribution in [0.1, 0.15) is 23.4 Å². The summed E-state index contributed by atoms with van der Waals surface area (Å²) >= 11 is 0. The minimum absolute atomic E-state index is 0.192. The molecule has 0 spiro atoms. The number of benzene rings is 1. The third-order valence-corrected chi connectivity index (χ3v) is 2.42. The summed E-state index contributed by atoms with van der Waals surface area (Å²) in [7, 11) is 0. The Balaban J connectivity index is 2.28.